The molecule has 7 heteroatoms. The van der Waals surface area contributed by atoms with Gasteiger partial charge in [-0.1, -0.05) is 12.1 Å². The van der Waals surface area contributed by atoms with E-state index < -0.39 is 23.1 Å². The molecule has 23 heavy (non-hydrogen) atoms. The number of amides is 1. The molecule has 1 atom stereocenters. The highest BCUT2D eigenvalue weighted by Crippen LogP contribution is 2.33. The standard InChI is InChI=1S/C16H16FNO5/c1-22-9-16(15(20)21)5-6-18(8-16)14(19)12-7-10-3-2-4-11(17)13(10)23-12/h2-4,7H,5-6,8-9H2,1H3,(H,20,21). The molecule has 1 unspecified atom stereocenters. The molecule has 1 amide bonds. The van der Waals surface area contributed by atoms with Crippen LogP contribution in [-0.2, 0) is 9.53 Å². The second-order valence-corrected chi connectivity index (χ2v) is 5.76. The Labute approximate surface area is 131 Å². The lowest BCUT2D eigenvalue weighted by molar-refractivity contribution is -0.151. The van der Waals surface area contributed by atoms with E-state index in [-0.39, 0.29) is 31.0 Å². The lowest BCUT2D eigenvalue weighted by atomic mass is 9.88. The number of carbonyl (C=O) groups is 2. The first kappa shape index (κ1) is 15.5. The van der Waals surface area contributed by atoms with Crippen LogP contribution >= 0.6 is 0 Å². The minimum atomic E-state index is -1.11. The van der Waals surface area contributed by atoms with E-state index >= 15 is 0 Å². The van der Waals surface area contributed by atoms with E-state index in [0.29, 0.717) is 11.8 Å². The van der Waals surface area contributed by atoms with Crippen molar-refractivity contribution in [1.82, 2.24) is 4.90 Å². The number of ether oxygens (including phenoxy) is 1. The SMILES string of the molecule is COCC1(C(=O)O)CCN(C(=O)c2cc3cccc(F)c3o2)C1. The molecule has 6 nitrogen and oxygen atoms in total. The number of aliphatic carboxylic acids is 1. The van der Waals surface area contributed by atoms with Crippen LogP contribution in [0, 0.1) is 11.2 Å². The molecule has 0 radical (unpaired) electrons. The highest BCUT2D eigenvalue weighted by Gasteiger charge is 2.47. The lowest BCUT2D eigenvalue weighted by Crippen LogP contribution is -2.40. The van der Waals surface area contributed by atoms with E-state index in [1.54, 1.807) is 6.07 Å². The number of para-hydroxylation sites is 1. The van der Waals surface area contributed by atoms with Gasteiger partial charge in [-0.15, -0.1) is 0 Å². The number of carbonyl (C=O) groups excluding carboxylic acids is 1. The molecular weight excluding hydrogens is 305 g/mol. The zero-order valence-corrected chi connectivity index (χ0v) is 12.5. The van der Waals surface area contributed by atoms with Crippen molar-refractivity contribution < 1.29 is 28.2 Å². The second-order valence-electron chi connectivity index (χ2n) is 5.76. The maximum absolute atomic E-state index is 13.7. The molecule has 0 bridgehead atoms. The third-order valence-electron chi connectivity index (χ3n) is 4.22. The summed E-state index contributed by atoms with van der Waals surface area (Å²) in [5, 5.41) is 9.92. The molecule has 1 N–H and O–H groups in total. The fraction of sp³-hybridized carbons (Fsp3) is 0.375. The Balaban J connectivity index is 1.86. The van der Waals surface area contributed by atoms with Gasteiger partial charge in [-0.25, -0.2) is 4.39 Å². The van der Waals surface area contributed by atoms with Crippen LogP contribution in [0.1, 0.15) is 17.0 Å². The smallest absolute Gasteiger partial charge is 0.313 e. The van der Waals surface area contributed by atoms with Gasteiger partial charge in [-0.05, 0) is 18.6 Å². The van der Waals surface area contributed by atoms with Crippen LogP contribution in [0.5, 0.6) is 0 Å². The van der Waals surface area contributed by atoms with Crippen molar-refractivity contribution in [2.24, 2.45) is 5.41 Å². The Morgan fingerprint density at radius 3 is 2.91 bits per heavy atom. The molecule has 1 aromatic carbocycles. The number of carboxylic acids is 1. The highest BCUT2D eigenvalue weighted by molar-refractivity contribution is 5.96. The van der Waals surface area contributed by atoms with Crippen molar-refractivity contribution in [1.29, 1.82) is 0 Å². The summed E-state index contributed by atoms with van der Waals surface area (Å²) < 4.78 is 24.0. The van der Waals surface area contributed by atoms with E-state index in [9.17, 15) is 19.1 Å². The Bertz CT molecular complexity index is 771. The summed E-state index contributed by atoms with van der Waals surface area (Å²) in [4.78, 5) is 25.4. The topological polar surface area (TPSA) is 80.0 Å². The van der Waals surface area contributed by atoms with E-state index in [0.717, 1.165) is 0 Å². The number of hydrogen-bond acceptors (Lipinski definition) is 4. The van der Waals surface area contributed by atoms with Gasteiger partial charge in [0.25, 0.3) is 5.91 Å². The van der Waals surface area contributed by atoms with Crippen molar-refractivity contribution in [3.63, 3.8) is 0 Å². The van der Waals surface area contributed by atoms with Crippen LogP contribution in [0.4, 0.5) is 4.39 Å². The number of nitrogens with zero attached hydrogens (tertiary/aromatic N) is 1. The number of furan rings is 1. The van der Waals surface area contributed by atoms with Crippen molar-refractivity contribution in [3.8, 4) is 0 Å². The quantitative estimate of drug-likeness (QED) is 0.933. The fourth-order valence-corrected chi connectivity index (χ4v) is 2.96. The van der Waals surface area contributed by atoms with Crippen LogP contribution in [-0.4, -0.2) is 48.7 Å². The van der Waals surface area contributed by atoms with Gasteiger partial charge in [0.05, 0.1) is 6.61 Å². The maximum atomic E-state index is 13.7. The third kappa shape index (κ3) is 2.57. The number of rotatable bonds is 4. The van der Waals surface area contributed by atoms with Gasteiger partial charge >= 0.3 is 5.97 Å². The molecule has 2 heterocycles. The fourth-order valence-electron chi connectivity index (χ4n) is 2.96. The molecule has 122 valence electrons. The molecule has 1 aromatic heterocycles. The first-order valence-corrected chi connectivity index (χ1v) is 7.16. The molecule has 0 aliphatic carbocycles. The van der Waals surface area contributed by atoms with E-state index in [2.05, 4.69) is 0 Å². The zero-order valence-electron chi connectivity index (χ0n) is 12.5. The maximum Gasteiger partial charge on any atom is 0.313 e. The van der Waals surface area contributed by atoms with Crippen molar-refractivity contribution in [3.05, 3.63) is 35.8 Å². The Hall–Kier alpha value is -2.41. The van der Waals surface area contributed by atoms with E-state index in [1.807, 2.05) is 0 Å². The molecule has 3 rings (SSSR count). The van der Waals surface area contributed by atoms with E-state index in [4.69, 9.17) is 9.15 Å². The average molecular weight is 321 g/mol. The van der Waals surface area contributed by atoms with Crippen molar-refractivity contribution >= 4 is 22.8 Å². The van der Waals surface area contributed by atoms with Crippen LogP contribution in [0.25, 0.3) is 11.0 Å². The number of halogens is 1. The van der Waals surface area contributed by atoms with Crippen molar-refractivity contribution in [2.45, 2.75) is 6.42 Å². The largest absolute Gasteiger partial charge is 0.481 e. The van der Waals surface area contributed by atoms with Crippen LogP contribution in [0.15, 0.2) is 28.7 Å². The first-order valence-electron chi connectivity index (χ1n) is 7.16. The third-order valence-corrected chi connectivity index (χ3v) is 4.22. The predicted molar refractivity (Wildman–Crippen MR) is 78.6 cm³/mol. The molecule has 1 saturated heterocycles. The van der Waals surface area contributed by atoms with Crippen LogP contribution in [0.3, 0.4) is 0 Å². The molecule has 1 fully saturated rings. The molecule has 0 spiro atoms. The zero-order chi connectivity index (χ0) is 16.6. The lowest BCUT2D eigenvalue weighted by Gasteiger charge is -2.23. The molecule has 2 aromatic rings. The second kappa shape index (κ2) is 5.66. The normalized spacial score (nSPS) is 21.0. The number of hydrogen-bond donors (Lipinski definition) is 1. The molecule has 0 saturated carbocycles. The number of carboxylic acid groups (broad SMARTS) is 1. The number of benzene rings is 1. The number of fused-ring (bicyclic) bond motifs is 1. The first-order chi connectivity index (χ1) is 11.0. The molecule has 1 aliphatic rings. The highest BCUT2D eigenvalue weighted by atomic mass is 19.1. The van der Waals surface area contributed by atoms with Gasteiger partial charge in [0.2, 0.25) is 0 Å². The van der Waals surface area contributed by atoms with E-state index in [1.165, 1.54) is 30.2 Å². The number of methoxy groups -OCH3 is 1. The van der Waals surface area contributed by atoms with Gasteiger partial charge in [0.1, 0.15) is 5.41 Å². The predicted octanol–water partition coefficient (Wildman–Crippen LogP) is 2.14. The summed E-state index contributed by atoms with van der Waals surface area (Å²) in [7, 11) is 1.43. The molecular formula is C16H16FNO5. The summed E-state index contributed by atoms with van der Waals surface area (Å²) in [6.45, 7) is 0.351. The Morgan fingerprint density at radius 2 is 2.26 bits per heavy atom. The Kier molecular flexibility index (Phi) is 3.81. The number of likely N-dealkylation sites (tertiary alicyclic amines) is 1. The van der Waals surface area contributed by atoms with Crippen LogP contribution in [0.2, 0.25) is 0 Å². The molecule has 1 aliphatic heterocycles. The summed E-state index contributed by atoms with van der Waals surface area (Å²) in [6.07, 6.45) is 0.302. The van der Waals surface area contributed by atoms with Gasteiger partial charge in [0, 0.05) is 25.6 Å². The monoisotopic (exact) mass is 321 g/mol. The van der Waals surface area contributed by atoms with Crippen LogP contribution < -0.4 is 0 Å². The van der Waals surface area contributed by atoms with Gasteiger partial charge in [-0.3, -0.25) is 9.59 Å². The van der Waals surface area contributed by atoms with Gasteiger partial charge in [0.15, 0.2) is 17.2 Å². The van der Waals surface area contributed by atoms with Gasteiger partial charge < -0.3 is 19.2 Å². The minimum absolute atomic E-state index is 0.00343. The van der Waals surface area contributed by atoms with Crippen molar-refractivity contribution in [2.75, 3.05) is 26.8 Å². The summed E-state index contributed by atoms with van der Waals surface area (Å²) in [6, 6.07) is 5.91. The van der Waals surface area contributed by atoms with Gasteiger partial charge in [-0.2, -0.15) is 0 Å². The Morgan fingerprint density at radius 1 is 1.48 bits per heavy atom. The summed E-state index contributed by atoms with van der Waals surface area (Å²) in [5.74, 6) is -1.98. The average Bonchev–Trinajstić information content (AvgIpc) is 3.13. The summed E-state index contributed by atoms with van der Waals surface area (Å²) >= 11 is 0. The summed E-state index contributed by atoms with van der Waals surface area (Å²) in [5.41, 5.74) is -1.08. The minimum Gasteiger partial charge on any atom is -0.481 e.